The van der Waals surface area contributed by atoms with E-state index in [1.54, 1.807) is 14.2 Å². The van der Waals surface area contributed by atoms with Gasteiger partial charge in [0.2, 0.25) is 0 Å². The van der Waals surface area contributed by atoms with Crippen LogP contribution in [-0.4, -0.2) is 41.8 Å². The summed E-state index contributed by atoms with van der Waals surface area (Å²) in [6.45, 7) is 4.24. The molecule has 1 aliphatic heterocycles. The molecule has 2 heterocycles. The van der Waals surface area contributed by atoms with E-state index >= 15 is 0 Å². The number of benzene rings is 2. The zero-order valence-corrected chi connectivity index (χ0v) is 16.1. The van der Waals surface area contributed by atoms with Crippen molar-refractivity contribution in [2.24, 2.45) is 5.92 Å². The highest BCUT2D eigenvalue weighted by atomic mass is 16.5. The third-order valence-corrected chi connectivity index (χ3v) is 5.51. The number of hydrogen-bond donors (Lipinski definition) is 0. The zero-order valence-electron chi connectivity index (χ0n) is 16.1. The van der Waals surface area contributed by atoms with Crippen molar-refractivity contribution >= 4 is 11.0 Å². The highest BCUT2D eigenvalue weighted by Crippen LogP contribution is 2.26. The Bertz CT molecular complexity index is 875. The van der Waals surface area contributed by atoms with E-state index in [-0.39, 0.29) is 0 Å². The van der Waals surface area contributed by atoms with E-state index in [1.165, 1.54) is 23.9 Å². The summed E-state index contributed by atoms with van der Waals surface area (Å²) in [5.74, 6) is 2.41. The predicted molar refractivity (Wildman–Crippen MR) is 107 cm³/mol. The Hall–Kier alpha value is -2.53. The lowest BCUT2D eigenvalue weighted by molar-refractivity contribution is 0.167. The SMILES string of the molecule is COc1cc(CN2CCC(Cn3cnc4ccccc43)CC2)cc(OC)c1. The molecule has 1 aromatic heterocycles. The van der Waals surface area contributed by atoms with Crippen molar-refractivity contribution in [2.75, 3.05) is 27.3 Å². The molecular formula is C22H27N3O2. The summed E-state index contributed by atoms with van der Waals surface area (Å²) >= 11 is 0. The molecule has 27 heavy (non-hydrogen) atoms. The largest absolute Gasteiger partial charge is 0.497 e. The summed E-state index contributed by atoms with van der Waals surface area (Å²) in [6.07, 6.45) is 4.42. The molecule has 4 rings (SSSR count). The van der Waals surface area contributed by atoms with Crippen molar-refractivity contribution in [1.29, 1.82) is 0 Å². The lowest BCUT2D eigenvalue weighted by Crippen LogP contribution is -2.34. The lowest BCUT2D eigenvalue weighted by atomic mass is 9.96. The molecule has 1 saturated heterocycles. The van der Waals surface area contributed by atoms with E-state index in [9.17, 15) is 0 Å². The molecule has 0 aliphatic carbocycles. The molecule has 5 heteroatoms. The monoisotopic (exact) mass is 365 g/mol. The van der Waals surface area contributed by atoms with Crippen molar-refractivity contribution < 1.29 is 9.47 Å². The first-order chi connectivity index (χ1) is 13.2. The number of aromatic nitrogens is 2. The van der Waals surface area contributed by atoms with Gasteiger partial charge in [0, 0.05) is 19.2 Å². The number of piperidine rings is 1. The predicted octanol–water partition coefficient (Wildman–Crippen LogP) is 3.97. The molecule has 0 unspecified atom stereocenters. The third kappa shape index (κ3) is 4.08. The highest BCUT2D eigenvalue weighted by Gasteiger charge is 2.20. The fraction of sp³-hybridized carbons (Fsp3) is 0.409. The number of hydrogen-bond acceptors (Lipinski definition) is 4. The van der Waals surface area contributed by atoms with Gasteiger partial charge in [0.05, 0.1) is 31.6 Å². The first-order valence-corrected chi connectivity index (χ1v) is 9.59. The number of imidazole rings is 1. The van der Waals surface area contributed by atoms with E-state index < -0.39 is 0 Å². The average molecular weight is 365 g/mol. The number of nitrogens with zero attached hydrogens (tertiary/aromatic N) is 3. The summed E-state index contributed by atoms with van der Waals surface area (Å²) in [5, 5.41) is 0. The highest BCUT2D eigenvalue weighted by molar-refractivity contribution is 5.74. The van der Waals surface area contributed by atoms with Crippen molar-refractivity contribution in [3.8, 4) is 11.5 Å². The maximum Gasteiger partial charge on any atom is 0.122 e. The topological polar surface area (TPSA) is 39.5 Å². The number of fused-ring (bicyclic) bond motifs is 1. The van der Waals surface area contributed by atoms with Gasteiger partial charge in [-0.1, -0.05) is 12.1 Å². The second kappa shape index (κ2) is 8.01. The minimum absolute atomic E-state index is 0.707. The number of methoxy groups -OCH3 is 2. The van der Waals surface area contributed by atoms with Gasteiger partial charge in [-0.3, -0.25) is 4.90 Å². The smallest absolute Gasteiger partial charge is 0.122 e. The Balaban J connectivity index is 1.35. The molecule has 0 N–H and O–H groups in total. The Morgan fingerprint density at radius 1 is 1.00 bits per heavy atom. The molecule has 0 bridgehead atoms. The van der Waals surface area contributed by atoms with Gasteiger partial charge in [-0.15, -0.1) is 0 Å². The Kier molecular flexibility index (Phi) is 5.30. The molecule has 1 fully saturated rings. The van der Waals surface area contributed by atoms with Gasteiger partial charge in [0.25, 0.3) is 0 Å². The van der Waals surface area contributed by atoms with Crippen LogP contribution in [0.4, 0.5) is 0 Å². The molecule has 0 atom stereocenters. The maximum atomic E-state index is 5.39. The number of rotatable bonds is 6. The van der Waals surface area contributed by atoms with Gasteiger partial charge in [-0.25, -0.2) is 4.98 Å². The Morgan fingerprint density at radius 3 is 2.41 bits per heavy atom. The van der Waals surface area contributed by atoms with Crippen LogP contribution in [0, 0.1) is 5.92 Å². The second-order valence-electron chi connectivity index (χ2n) is 7.33. The summed E-state index contributed by atoms with van der Waals surface area (Å²) in [5.41, 5.74) is 3.57. The normalized spacial score (nSPS) is 15.9. The maximum absolute atomic E-state index is 5.39. The van der Waals surface area contributed by atoms with Crippen molar-refractivity contribution in [1.82, 2.24) is 14.5 Å². The van der Waals surface area contributed by atoms with E-state index in [4.69, 9.17) is 9.47 Å². The minimum Gasteiger partial charge on any atom is -0.497 e. The van der Waals surface area contributed by atoms with Gasteiger partial charge in [0.15, 0.2) is 0 Å². The molecule has 0 spiro atoms. The lowest BCUT2D eigenvalue weighted by Gasteiger charge is -2.32. The molecule has 0 saturated carbocycles. The van der Waals surface area contributed by atoms with E-state index in [0.717, 1.165) is 43.2 Å². The third-order valence-electron chi connectivity index (χ3n) is 5.51. The number of para-hydroxylation sites is 2. The Labute approximate surface area is 160 Å². The van der Waals surface area contributed by atoms with Crippen molar-refractivity contribution in [2.45, 2.75) is 25.9 Å². The number of ether oxygens (including phenoxy) is 2. The molecule has 0 amide bonds. The van der Waals surface area contributed by atoms with E-state index in [1.807, 2.05) is 18.5 Å². The van der Waals surface area contributed by atoms with Crippen LogP contribution in [0.2, 0.25) is 0 Å². The minimum atomic E-state index is 0.707. The summed E-state index contributed by atoms with van der Waals surface area (Å²) in [7, 11) is 3.40. The van der Waals surface area contributed by atoms with Crippen molar-refractivity contribution in [3.63, 3.8) is 0 Å². The van der Waals surface area contributed by atoms with E-state index in [2.05, 4.69) is 44.8 Å². The van der Waals surface area contributed by atoms with Crippen LogP contribution in [0.3, 0.4) is 0 Å². The fourth-order valence-electron chi connectivity index (χ4n) is 3.98. The molecule has 142 valence electrons. The summed E-state index contributed by atoms with van der Waals surface area (Å²) in [6, 6.07) is 14.5. The average Bonchev–Trinajstić information content (AvgIpc) is 3.12. The molecule has 3 aromatic rings. The summed E-state index contributed by atoms with van der Waals surface area (Å²) < 4.78 is 13.1. The van der Waals surface area contributed by atoms with Crippen LogP contribution in [0.5, 0.6) is 11.5 Å². The second-order valence-corrected chi connectivity index (χ2v) is 7.33. The van der Waals surface area contributed by atoms with Gasteiger partial charge < -0.3 is 14.0 Å². The first-order valence-electron chi connectivity index (χ1n) is 9.59. The van der Waals surface area contributed by atoms with E-state index in [0.29, 0.717) is 5.92 Å². The van der Waals surface area contributed by atoms with Crippen LogP contribution in [0.25, 0.3) is 11.0 Å². The van der Waals surface area contributed by atoms with Crippen LogP contribution in [0.15, 0.2) is 48.8 Å². The standard InChI is InChI=1S/C22H27N3O2/c1-26-19-11-18(12-20(13-19)27-2)14-24-9-7-17(8-10-24)15-25-16-23-21-5-3-4-6-22(21)25/h3-6,11-13,16-17H,7-10,14-15H2,1-2H3. The van der Waals surface area contributed by atoms with Gasteiger partial charge in [0.1, 0.15) is 11.5 Å². The number of likely N-dealkylation sites (tertiary alicyclic amines) is 1. The quantitative estimate of drug-likeness (QED) is 0.663. The van der Waals surface area contributed by atoms with Crippen LogP contribution in [0.1, 0.15) is 18.4 Å². The van der Waals surface area contributed by atoms with Crippen LogP contribution in [-0.2, 0) is 13.1 Å². The van der Waals surface area contributed by atoms with Crippen LogP contribution >= 0.6 is 0 Å². The molecule has 0 radical (unpaired) electrons. The molecule has 1 aliphatic rings. The summed E-state index contributed by atoms with van der Waals surface area (Å²) in [4.78, 5) is 7.04. The molecule has 5 nitrogen and oxygen atoms in total. The zero-order chi connectivity index (χ0) is 18.6. The van der Waals surface area contributed by atoms with Gasteiger partial charge in [-0.2, -0.15) is 0 Å². The first kappa shape index (κ1) is 17.9. The molecular weight excluding hydrogens is 338 g/mol. The fourth-order valence-corrected chi connectivity index (χ4v) is 3.98. The molecule has 2 aromatic carbocycles. The van der Waals surface area contributed by atoms with Crippen molar-refractivity contribution in [3.05, 3.63) is 54.4 Å². The van der Waals surface area contributed by atoms with Crippen LogP contribution < -0.4 is 9.47 Å². The van der Waals surface area contributed by atoms with Gasteiger partial charge >= 0.3 is 0 Å². The van der Waals surface area contributed by atoms with Gasteiger partial charge in [-0.05, 0) is 61.7 Å². The Morgan fingerprint density at radius 2 is 1.70 bits per heavy atom.